The van der Waals surface area contributed by atoms with Crippen LogP contribution in [0.4, 0.5) is 5.82 Å². The summed E-state index contributed by atoms with van der Waals surface area (Å²) in [6.45, 7) is 9.30. The summed E-state index contributed by atoms with van der Waals surface area (Å²) in [5, 5.41) is 0. The number of aromatic nitrogens is 2. The van der Waals surface area contributed by atoms with Gasteiger partial charge in [0.25, 0.3) is 5.91 Å². The molecule has 0 radical (unpaired) electrons. The van der Waals surface area contributed by atoms with E-state index < -0.39 is 0 Å². The number of hydrogen-bond donors (Lipinski definition) is 0. The molecule has 1 fully saturated rings. The minimum absolute atomic E-state index is 0.0740. The van der Waals surface area contributed by atoms with Gasteiger partial charge in [0.05, 0.1) is 11.0 Å². The van der Waals surface area contributed by atoms with Crippen LogP contribution < -0.4 is 4.90 Å². The zero-order chi connectivity index (χ0) is 23.7. The van der Waals surface area contributed by atoms with Crippen molar-refractivity contribution in [2.45, 2.75) is 26.2 Å². The number of carbonyl (C=O) groups excluding carboxylic acids is 1. The Balaban J connectivity index is 1.37. The monoisotopic (exact) mass is 450 g/mol. The van der Waals surface area contributed by atoms with E-state index in [4.69, 9.17) is 9.97 Å². The van der Waals surface area contributed by atoms with Crippen LogP contribution in [-0.4, -0.2) is 47.0 Å². The normalized spacial score (nSPS) is 14.4. The molecule has 34 heavy (non-hydrogen) atoms. The lowest BCUT2D eigenvalue weighted by molar-refractivity contribution is 0.0746. The van der Waals surface area contributed by atoms with E-state index in [9.17, 15) is 4.79 Å². The molecule has 0 aliphatic carbocycles. The minimum Gasteiger partial charge on any atom is -0.351 e. The maximum Gasteiger partial charge on any atom is 0.253 e. The highest BCUT2D eigenvalue weighted by Crippen LogP contribution is 2.30. The van der Waals surface area contributed by atoms with Crippen LogP contribution in [0.15, 0.2) is 78.9 Å². The summed E-state index contributed by atoms with van der Waals surface area (Å²) in [4.78, 5) is 27.3. The van der Waals surface area contributed by atoms with E-state index in [0.29, 0.717) is 13.1 Å². The van der Waals surface area contributed by atoms with Crippen molar-refractivity contribution in [1.29, 1.82) is 0 Å². The van der Waals surface area contributed by atoms with Gasteiger partial charge in [0.2, 0.25) is 0 Å². The van der Waals surface area contributed by atoms with Gasteiger partial charge < -0.3 is 9.80 Å². The first-order chi connectivity index (χ1) is 16.4. The Morgan fingerprint density at radius 2 is 1.32 bits per heavy atom. The van der Waals surface area contributed by atoms with Crippen molar-refractivity contribution in [2.24, 2.45) is 0 Å². The Morgan fingerprint density at radius 1 is 0.735 bits per heavy atom. The second-order valence-electron chi connectivity index (χ2n) is 9.86. The number of amides is 1. The molecule has 1 aliphatic heterocycles. The molecule has 1 amide bonds. The maximum absolute atomic E-state index is 13.1. The SMILES string of the molecule is CC(C)(C)c1ccc(C(=O)N2CCN(c3nc4ccccc4nc3-c3ccccc3)CC2)cc1. The van der Waals surface area contributed by atoms with Crippen LogP contribution in [0.5, 0.6) is 0 Å². The van der Waals surface area contributed by atoms with E-state index in [0.717, 1.165) is 46.8 Å². The molecule has 2 heterocycles. The molecular weight excluding hydrogens is 420 g/mol. The van der Waals surface area contributed by atoms with E-state index in [1.165, 1.54) is 5.56 Å². The number of nitrogens with zero attached hydrogens (tertiary/aromatic N) is 4. The summed E-state index contributed by atoms with van der Waals surface area (Å²) in [6.07, 6.45) is 0. The highest BCUT2D eigenvalue weighted by molar-refractivity contribution is 5.94. The van der Waals surface area contributed by atoms with E-state index in [2.05, 4.69) is 49.9 Å². The molecule has 0 unspecified atom stereocenters. The van der Waals surface area contributed by atoms with Crippen LogP contribution in [0, 0.1) is 0 Å². The highest BCUT2D eigenvalue weighted by Gasteiger charge is 2.26. The molecular formula is C29H30N4O. The molecule has 4 aromatic rings. The van der Waals surface area contributed by atoms with Gasteiger partial charge in [0.1, 0.15) is 5.69 Å². The van der Waals surface area contributed by atoms with Crippen LogP contribution in [0.3, 0.4) is 0 Å². The minimum atomic E-state index is 0.0740. The molecule has 1 saturated heterocycles. The maximum atomic E-state index is 13.1. The first kappa shape index (κ1) is 22.1. The number of para-hydroxylation sites is 2. The van der Waals surface area contributed by atoms with Crippen LogP contribution in [0.1, 0.15) is 36.7 Å². The Morgan fingerprint density at radius 3 is 1.94 bits per heavy atom. The van der Waals surface area contributed by atoms with Gasteiger partial charge in [-0.1, -0.05) is 75.4 Å². The van der Waals surface area contributed by atoms with Crippen LogP contribution in [0.25, 0.3) is 22.3 Å². The van der Waals surface area contributed by atoms with Crippen molar-refractivity contribution >= 4 is 22.8 Å². The standard InChI is InChI=1S/C29H30N4O/c1-29(2,3)23-15-13-22(14-16-23)28(34)33-19-17-32(18-20-33)27-26(21-9-5-4-6-10-21)30-24-11-7-8-12-25(24)31-27/h4-16H,17-20H2,1-3H3. The van der Waals surface area contributed by atoms with Gasteiger partial charge in [-0.2, -0.15) is 0 Å². The van der Waals surface area contributed by atoms with Crippen molar-refractivity contribution in [2.75, 3.05) is 31.1 Å². The molecule has 5 rings (SSSR count). The summed E-state index contributed by atoms with van der Waals surface area (Å²) in [6, 6.07) is 26.2. The Labute approximate surface area is 201 Å². The van der Waals surface area contributed by atoms with Crippen molar-refractivity contribution < 1.29 is 4.79 Å². The largest absolute Gasteiger partial charge is 0.351 e. The molecule has 0 spiro atoms. The van der Waals surface area contributed by atoms with Crippen LogP contribution in [0.2, 0.25) is 0 Å². The molecule has 1 aromatic heterocycles. The zero-order valence-electron chi connectivity index (χ0n) is 20.0. The highest BCUT2D eigenvalue weighted by atomic mass is 16.2. The molecule has 5 nitrogen and oxygen atoms in total. The van der Waals surface area contributed by atoms with Gasteiger partial charge in [0.15, 0.2) is 5.82 Å². The third-order valence-electron chi connectivity index (χ3n) is 6.46. The molecule has 0 saturated carbocycles. The van der Waals surface area contributed by atoms with Crippen molar-refractivity contribution in [1.82, 2.24) is 14.9 Å². The number of anilines is 1. The van der Waals surface area contributed by atoms with Crippen LogP contribution in [-0.2, 0) is 5.41 Å². The lowest BCUT2D eigenvalue weighted by Crippen LogP contribution is -2.49. The third kappa shape index (κ3) is 4.38. The van der Waals surface area contributed by atoms with E-state index in [-0.39, 0.29) is 11.3 Å². The Bertz CT molecular complexity index is 1300. The van der Waals surface area contributed by atoms with Crippen molar-refractivity contribution in [3.63, 3.8) is 0 Å². The van der Waals surface area contributed by atoms with Crippen molar-refractivity contribution in [3.05, 3.63) is 90.0 Å². The fourth-order valence-corrected chi connectivity index (χ4v) is 4.42. The second-order valence-corrected chi connectivity index (χ2v) is 9.86. The fourth-order valence-electron chi connectivity index (χ4n) is 4.42. The third-order valence-corrected chi connectivity index (χ3v) is 6.46. The topological polar surface area (TPSA) is 49.3 Å². The van der Waals surface area contributed by atoms with Gasteiger partial charge in [-0.3, -0.25) is 4.79 Å². The smallest absolute Gasteiger partial charge is 0.253 e. The van der Waals surface area contributed by atoms with Gasteiger partial charge in [-0.25, -0.2) is 9.97 Å². The average molecular weight is 451 g/mol. The number of rotatable bonds is 3. The Kier molecular flexibility index (Phi) is 5.78. The average Bonchev–Trinajstić information content (AvgIpc) is 2.88. The zero-order valence-corrected chi connectivity index (χ0v) is 20.0. The molecule has 0 N–H and O–H groups in total. The molecule has 0 atom stereocenters. The number of fused-ring (bicyclic) bond motifs is 1. The predicted octanol–water partition coefficient (Wildman–Crippen LogP) is 5.56. The molecule has 0 bridgehead atoms. The van der Waals surface area contributed by atoms with Crippen molar-refractivity contribution in [3.8, 4) is 11.3 Å². The van der Waals surface area contributed by atoms with E-state index >= 15 is 0 Å². The lowest BCUT2D eigenvalue weighted by Gasteiger charge is -2.36. The van der Waals surface area contributed by atoms with E-state index in [1.807, 2.05) is 59.5 Å². The summed E-state index contributed by atoms with van der Waals surface area (Å²) < 4.78 is 0. The number of benzene rings is 3. The van der Waals surface area contributed by atoms with E-state index in [1.54, 1.807) is 0 Å². The molecule has 172 valence electrons. The number of hydrogen-bond acceptors (Lipinski definition) is 4. The summed E-state index contributed by atoms with van der Waals surface area (Å²) in [7, 11) is 0. The van der Waals surface area contributed by atoms with Gasteiger partial charge in [-0.05, 0) is 35.2 Å². The molecule has 1 aliphatic rings. The Hall–Kier alpha value is -3.73. The molecule has 3 aromatic carbocycles. The number of piperazine rings is 1. The lowest BCUT2D eigenvalue weighted by atomic mass is 9.86. The number of carbonyl (C=O) groups is 1. The molecule has 5 heteroatoms. The quantitative estimate of drug-likeness (QED) is 0.410. The summed E-state index contributed by atoms with van der Waals surface area (Å²) in [5.41, 5.74) is 5.76. The first-order valence-electron chi connectivity index (χ1n) is 11.9. The second kappa shape index (κ2) is 8.90. The summed E-state index contributed by atoms with van der Waals surface area (Å²) >= 11 is 0. The van der Waals surface area contributed by atoms with Gasteiger partial charge >= 0.3 is 0 Å². The first-order valence-corrected chi connectivity index (χ1v) is 11.9. The summed E-state index contributed by atoms with van der Waals surface area (Å²) in [5.74, 6) is 0.972. The van der Waals surface area contributed by atoms with Gasteiger partial charge in [-0.15, -0.1) is 0 Å². The van der Waals surface area contributed by atoms with Gasteiger partial charge in [0, 0.05) is 37.3 Å². The van der Waals surface area contributed by atoms with Crippen LogP contribution >= 0.6 is 0 Å². The predicted molar refractivity (Wildman–Crippen MR) is 138 cm³/mol. The fraction of sp³-hybridized carbons (Fsp3) is 0.276.